The Balaban J connectivity index is 0.00000162. The molecular weight excluding hydrogens is 267 g/mol. The monoisotopic (exact) mass is 288 g/mol. The molecule has 1 aliphatic rings. The van der Waals surface area contributed by atoms with Crippen molar-refractivity contribution in [3.63, 3.8) is 0 Å². The zero-order chi connectivity index (χ0) is 12.5. The Morgan fingerprint density at radius 3 is 2.67 bits per heavy atom. The third-order valence-electron chi connectivity index (χ3n) is 3.74. The summed E-state index contributed by atoms with van der Waals surface area (Å²) in [4.78, 5) is 2.45. The van der Waals surface area contributed by atoms with Gasteiger partial charge in [-0.15, -0.1) is 12.4 Å². The average Bonchev–Trinajstić information content (AvgIpc) is 2.26. The molecule has 18 heavy (non-hydrogen) atoms. The number of nitrogens with zero attached hydrogens (tertiary/aromatic N) is 1. The van der Waals surface area contributed by atoms with Gasteiger partial charge in [0.2, 0.25) is 0 Å². The number of rotatable bonds is 2. The summed E-state index contributed by atoms with van der Waals surface area (Å²) in [6.45, 7) is 7.53. The number of benzene rings is 1. The fraction of sp³-hybridized carbons (Fsp3) is 0.571. The molecule has 1 saturated heterocycles. The molecule has 1 aromatic rings. The lowest BCUT2D eigenvalue weighted by atomic mass is 9.79. The minimum Gasteiger partial charge on any atom is -0.327 e. The molecule has 0 aliphatic carbocycles. The van der Waals surface area contributed by atoms with Gasteiger partial charge in [0.05, 0.1) is 0 Å². The highest BCUT2D eigenvalue weighted by molar-refractivity contribution is 6.31. The maximum Gasteiger partial charge on any atom is 0.0451 e. The summed E-state index contributed by atoms with van der Waals surface area (Å²) < 4.78 is 0. The van der Waals surface area contributed by atoms with E-state index in [1.807, 2.05) is 18.2 Å². The molecule has 0 amide bonds. The molecule has 0 spiro atoms. The summed E-state index contributed by atoms with van der Waals surface area (Å²) >= 11 is 6.19. The van der Waals surface area contributed by atoms with E-state index in [2.05, 4.69) is 24.8 Å². The van der Waals surface area contributed by atoms with Crippen LogP contribution in [0.1, 0.15) is 25.8 Å². The van der Waals surface area contributed by atoms with Crippen LogP contribution in [0.3, 0.4) is 0 Å². The third kappa shape index (κ3) is 3.61. The second-order valence-electron chi connectivity index (χ2n) is 5.69. The highest BCUT2D eigenvalue weighted by Crippen LogP contribution is 2.29. The lowest BCUT2D eigenvalue weighted by molar-refractivity contribution is 0.0899. The number of hydrogen-bond acceptors (Lipinski definition) is 2. The van der Waals surface area contributed by atoms with Gasteiger partial charge in [-0.3, -0.25) is 4.90 Å². The zero-order valence-corrected chi connectivity index (χ0v) is 12.6. The van der Waals surface area contributed by atoms with Crippen LogP contribution in [0.4, 0.5) is 0 Å². The topological polar surface area (TPSA) is 29.3 Å². The highest BCUT2D eigenvalue weighted by Gasteiger charge is 2.33. The van der Waals surface area contributed by atoms with Crippen molar-refractivity contribution in [1.82, 2.24) is 4.90 Å². The van der Waals surface area contributed by atoms with Crippen LogP contribution in [0.5, 0.6) is 0 Å². The van der Waals surface area contributed by atoms with Gasteiger partial charge in [-0.1, -0.05) is 43.6 Å². The number of hydrogen-bond donors (Lipinski definition) is 1. The lowest BCUT2D eigenvalue weighted by Gasteiger charge is -2.42. The van der Waals surface area contributed by atoms with Crippen molar-refractivity contribution in [3.8, 4) is 0 Å². The predicted molar refractivity (Wildman–Crippen MR) is 80.4 cm³/mol. The molecule has 1 atom stereocenters. The van der Waals surface area contributed by atoms with Gasteiger partial charge in [0.1, 0.15) is 0 Å². The lowest BCUT2D eigenvalue weighted by Crippen LogP contribution is -2.52. The smallest absolute Gasteiger partial charge is 0.0451 e. The average molecular weight is 289 g/mol. The van der Waals surface area contributed by atoms with Gasteiger partial charge in [0, 0.05) is 30.7 Å². The number of nitrogens with two attached hydrogens (primary N) is 1. The minimum absolute atomic E-state index is 0. The Morgan fingerprint density at radius 1 is 1.39 bits per heavy atom. The molecule has 2 rings (SSSR count). The standard InChI is InChI=1S/C14H21ClN2.ClH/c1-14(2)10-17(8-7-13(14)16)9-11-5-3-4-6-12(11)15;/h3-6,13H,7-10,16H2,1-2H3;1H. The molecular formula is C14H22Cl2N2. The SMILES string of the molecule is CC1(C)CN(Cc2ccccc2Cl)CCC1N.Cl. The molecule has 1 unspecified atom stereocenters. The van der Waals surface area contributed by atoms with Crippen molar-refractivity contribution in [2.24, 2.45) is 11.1 Å². The van der Waals surface area contributed by atoms with Crippen LogP contribution >= 0.6 is 24.0 Å². The van der Waals surface area contributed by atoms with E-state index in [0.717, 1.165) is 31.1 Å². The highest BCUT2D eigenvalue weighted by atomic mass is 35.5. The van der Waals surface area contributed by atoms with Crippen LogP contribution < -0.4 is 5.73 Å². The molecule has 1 aliphatic heterocycles. The van der Waals surface area contributed by atoms with Crippen LogP contribution in [0.2, 0.25) is 5.02 Å². The van der Waals surface area contributed by atoms with E-state index in [9.17, 15) is 0 Å². The molecule has 0 bridgehead atoms. The number of piperidine rings is 1. The van der Waals surface area contributed by atoms with Crippen molar-refractivity contribution >= 4 is 24.0 Å². The van der Waals surface area contributed by atoms with E-state index in [1.54, 1.807) is 0 Å². The summed E-state index contributed by atoms with van der Waals surface area (Å²) in [6.07, 6.45) is 1.07. The van der Waals surface area contributed by atoms with Gasteiger partial charge < -0.3 is 5.73 Å². The van der Waals surface area contributed by atoms with Crippen molar-refractivity contribution in [2.75, 3.05) is 13.1 Å². The Labute approximate surface area is 121 Å². The second kappa shape index (κ2) is 6.25. The van der Waals surface area contributed by atoms with Crippen molar-refractivity contribution in [1.29, 1.82) is 0 Å². The first-order valence-electron chi connectivity index (χ1n) is 6.20. The van der Waals surface area contributed by atoms with Gasteiger partial charge in [-0.25, -0.2) is 0 Å². The minimum atomic E-state index is 0. The van der Waals surface area contributed by atoms with Gasteiger partial charge in [0.25, 0.3) is 0 Å². The molecule has 2 nitrogen and oxygen atoms in total. The molecule has 1 fully saturated rings. The summed E-state index contributed by atoms with van der Waals surface area (Å²) in [5.41, 5.74) is 7.55. The fourth-order valence-electron chi connectivity index (χ4n) is 2.49. The molecule has 4 heteroatoms. The van der Waals surface area contributed by atoms with Gasteiger partial charge in [0.15, 0.2) is 0 Å². The Kier molecular flexibility index (Phi) is 5.47. The van der Waals surface area contributed by atoms with Crippen LogP contribution in [-0.2, 0) is 6.54 Å². The molecule has 102 valence electrons. The van der Waals surface area contributed by atoms with E-state index in [0.29, 0.717) is 6.04 Å². The summed E-state index contributed by atoms with van der Waals surface area (Å²) in [5.74, 6) is 0. The number of halogens is 2. The van der Waals surface area contributed by atoms with E-state index in [4.69, 9.17) is 17.3 Å². The first kappa shape index (κ1) is 15.8. The quantitative estimate of drug-likeness (QED) is 0.905. The molecule has 1 heterocycles. The van der Waals surface area contributed by atoms with Crippen LogP contribution in [-0.4, -0.2) is 24.0 Å². The van der Waals surface area contributed by atoms with Crippen molar-refractivity contribution in [2.45, 2.75) is 32.9 Å². The van der Waals surface area contributed by atoms with Crippen LogP contribution in [0.15, 0.2) is 24.3 Å². The summed E-state index contributed by atoms with van der Waals surface area (Å²) in [6, 6.07) is 8.39. The Bertz CT molecular complexity index is 393. The van der Waals surface area contributed by atoms with E-state index in [1.165, 1.54) is 5.56 Å². The van der Waals surface area contributed by atoms with Gasteiger partial charge in [-0.2, -0.15) is 0 Å². The normalized spacial score (nSPS) is 23.4. The predicted octanol–water partition coefficient (Wildman–Crippen LogP) is 3.32. The largest absolute Gasteiger partial charge is 0.327 e. The van der Waals surface area contributed by atoms with Crippen LogP contribution in [0.25, 0.3) is 0 Å². The van der Waals surface area contributed by atoms with Crippen molar-refractivity contribution < 1.29 is 0 Å². The maximum atomic E-state index is 6.19. The number of likely N-dealkylation sites (tertiary alicyclic amines) is 1. The summed E-state index contributed by atoms with van der Waals surface area (Å²) in [7, 11) is 0. The van der Waals surface area contributed by atoms with E-state index < -0.39 is 0 Å². The fourth-order valence-corrected chi connectivity index (χ4v) is 2.68. The first-order valence-corrected chi connectivity index (χ1v) is 6.58. The summed E-state index contributed by atoms with van der Waals surface area (Å²) in [5, 5.41) is 0.861. The first-order chi connectivity index (χ1) is 7.99. The maximum absolute atomic E-state index is 6.19. The molecule has 0 radical (unpaired) electrons. The Morgan fingerprint density at radius 2 is 2.06 bits per heavy atom. The zero-order valence-electron chi connectivity index (χ0n) is 11.0. The molecule has 1 aromatic carbocycles. The van der Waals surface area contributed by atoms with E-state index in [-0.39, 0.29) is 17.8 Å². The Hall–Kier alpha value is -0.280. The van der Waals surface area contributed by atoms with Gasteiger partial charge >= 0.3 is 0 Å². The van der Waals surface area contributed by atoms with Crippen LogP contribution in [0, 0.1) is 5.41 Å². The third-order valence-corrected chi connectivity index (χ3v) is 4.11. The molecule has 0 aromatic heterocycles. The molecule has 0 saturated carbocycles. The van der Waals surface area contributed by atoms with E-state index >= 15 is 0 Å². The van der Waals surface area contributed by atoms with Gasteiger partial charge in [-0.05, 0) is 23.5 Å². The second-order valence-corrected chi connectivity index (χ2v) is 6.09. The van der Waals surface area contributed by atoms with Crippen molar-refractivity contribution in [3.05, 3.63) is 34.9 Å². The molecule has 2 N–H and O–H groups in total.